The maximum Gasteiger partial charge on any atom is 0.356 e. The van der Waals surface area contributed by atoms with E-state index in [9.17, 15) is 9.59 Å². The van der Waals surface area contributed by atoms with Crippen molar-refractivity contribution in [2.75, 3.05) is 13.2 Å². The summed E-state index contributed by atoms with van der Waals surface area (Å²) in [6, 6.07) is 4.78. The standard InChI is InChI=1S/C27H45NO4/c1-3-5-7-9-10-11-12-13-14-15-16-18-23-32-27(30)25-21-19-20-24(28-25)26(29)31-22-17-8-6-4-2/h19-21H,3-18,22-23H2,1-2H3. The fourth-order valence-corrected chi connectivity index (χ4v) is 3.61. The molecule has 5 heteroatoms. The highest BCUT2D eigenvalue weighted by Gasteiger charge is 2.14. The third-order valence-electron chi connectivity index (χ3n) is 5.63. The quantitative estimate of drug-likeness (QED) is 0.151. The second-order valence-corrected chi connectivity index (χ2v) is 8.63. The van der Waals surface area contributed by atoms with Crippen LogP contribution in [0, 0.1) is 0 Å². The van der Waals surface area contributed by atoms with Gasteiger partial charge in [-0.3, -0.25) is 0 Å². The number of hydrogen-bond acceptors (Lipinski definition) is 5. The van der Waals surface area contributed by atoms with Crippen molar-refractivity contribution in [1.82, 2.24) is 4.98 Å². The van der Waals surface area contributed by atoms with Crippen molar-refractivity contribution < 1.29 is 19.1 Å². The molecule has 0 radical (unpaired) electrons. The number of nitrogens with zero attached hydrogens (tertiary/aromatic N) is 1. The molecule has 0 unspecified atom stereocenters. The Hall–Kier alpha value is -1.91. The van der Waals surface area contributed by atoms with Crippen LogP contribution in [0.2, 0.25) is 0 Å². The molecule has 0 amide bonds. The number of pyridine rings is 1. The molecule has 0 atom stereocenters. The Kier molecular flexibility index (Phi) is 17.4. The van der Waals surface area contributed by atoms with Gasteiger partial charge in [0, 0.05) is 0 Å². The lowest BCUT2D eigenvalue weighted by Crippen LogP contribution is -2.13. The van der Waals surface area contributed by atoms with Crippen LogP contribution >= 0.6 is 0 Å². The smallest absolute Gasteiger partial charge is 0.356 e. The van der Waals surface area contributed by atoms with Gasteiger partial charge in [-0.25, -0.2) is 14.6 Å². The molecule has 0 saturated heterocycles. The van der Waals surface area contributed by atoms with Crippen molar-refractivity contribution in [3.05, 3.63) is 29.6 Å². The van der Waals surface area contributed by atoms with Gasteiger partial charge in [0.25, 0.3) is 0 Å². The van der Waals surface area contributed by atoms with E-state index in [-0.39, 0.29) is 11.4 Å². The van der Waals surface area contributed by atoms with Gasteiger partial charge in [-0.15, -0.1) is 0 Å². The molecule has 0 aliphatic heterocycles. The molecule has 32 heavy (non-hydrogen) atoms. The Bertz CT molecular complexity index is 617. The topological polar surface area (TPSA) is 65.5 Å². The molecule has 0 aliphatic rings. The lowest BCUT2D eigenvalue weighted by atomic mass is 10.1. The third kappa shape index (κ3) is 14.2. The molecule has 0 N–H and O–H groups in total. The van der Waals surface area contributed by atoms with Crippen LogP contribution in [0.15, 0.2) is 18.2 Å². The van der Waals surface area contributed by atoms with Crippen molar-refractivity contribution in [3.63, 3.8) is 0 Å². The van der Waals surface area contributed by atoms with Crippen molar-refractivity contribution in [2.45, 2.75) is 117 Å². The summed E-state index contributed by atoms with van der Waals surface area (Å²) in [5, 5.41) is 0. The Labute approximate surface area is 195 Å². The minimum Gasteiger partial charge on any atom is -0.461 e. The number of aromatic nitrogens is 1. The van der Waals surface area contributed by atoms with E-state index in [0.717, 1.165) is 38.5 Å². The summed E-state index contributed by atoms with van der Waals surface area (Å²) in [5.41, 5.74) is 0.310. The molecule has 5 nitrogen and oxygen atoms in total. The zero-order valence-corrected chi connectivity index (χ0v) is 20.5. The summed E-state index contributed by atoms with van der Waals surface area (Å²) in [4.78, 5) is 28.4. The highest BCUT2D eigenvalue weighted by molar-refractivity contribution is 5.91. The Morgan fingerprint density at radius 2 is 0.938 bits per heavy atom. The zero-order valence-electron chi connectivity index (χ0n) is 20.5. The maximum atomic E-state index is 12.2. The first kappa shape index (κ1) is 28.1. The molecule has 0 aliphatic carbocycles. The van der Waals surface area contributed by atoms with E-state index < -0.39 is 11.9 Å². The third-order valence-corrected chi connectivity index (χ3v) is 5.63. The minimum atomic E-state index is -0.489. The molecular weight excluding hydrogens is 402 g/mol. The van der Waals surface area contributed by atoms with Gasteiger partial charge >= 0.3 is 11.9 Å². The van der Waals surface area contributed by atoms with Gasteiger partial charge < -0.3 is 9.47 Å². The van der Waals surface area contributed by atoms with E-state index in [0.29, 0.717) is 13.2 Å². The van der Waals surface area contributed by atoms with Gasteiger partial charge in [0.2, 0.25) is 0 Å². The first-order valence-electron chi connectivity index (χ1n) is 13.0. The van der Waals surface area contributed by atoms with Crippen LogP contribution in [0.3, 0.4) is 0 Å². The van der Waals surface area contributed by atoms with E-state index in [2.05, 4.69) is 18.8 Å². The number of carbonyl (C=O) groups excluding carboxylic acids is 2. The van der Waals surface area contributed by atoms with Gasteiger partial charge in [-0.1, -0.05) is 110 Å². The largest absolute Gasteiger partial charge is 0.461 e. The molecule has 182 valence electrons. The zero-order chi connectivity index (χ0) is 23.3. The summed E-state index contributed by atoms with van der Waals surface area (Å²) >= 11 is 0. The van der Waals surface area contributed by atoms with E-state index in [4.69, 9.17) is 9.47 Å². The number of carbonyl (C=O) groups is 2. The number of unbranched alkanes of at least 4 members (excludes halogenated alkanes) is 14. The van der Waals surface area contributed by atoms with Crippen molar-refractivity contribution in [1.29, 1.82) is 0 Å². The molecular formula is C27H45NO4. The second-order valence-electron chi connectivity index (χ2n) is 8.63. The van der Waals surface area contributed by atoms with Gasteiger partial charge in [0.1, 0.15) is 11.4 Å². The minimum absolute atomic E-state index is 0.153. The Balaban J connectivity index is 2.10. The average molecular weight is 448 g/mol. The number of rotatable bonds is 20. The second kappa shape index (κ2) is 19.8. The fraction of sp³-hybridized carbons (Fsp3) is 0.741. The predicted octanol–water partition coefficient (Wildman–Crippen LogP) is 7.68. The summed E-state index contributed by atoms with van der Waals surface area (Å²) in [5.74, 6) is -0.970. The Morgan fingerprint density at radius 1 is 0.594 bits per heavy atom. The van der Waals surface area contributed by atoms with E-state index in [1.54, 1.807) is 18.2 Å². The molecule has 0 fully saturated rings. The van der Waals surface area contributed by atoms with Gasteiger partial charge in [-0.2, -0.15) is 0 Å². The molecule has 0 bridgehead atoms. The number of esters is 2. The summed E-state index contributed by atoms with van der Waals surface area (Å²) < 4.78 is 10.6. The lowest BCUT2D eigenvalue weighted by molar-refractivity contribution is 0.0482. The first-order valence-corrected chi connectivity index (χ1v) is 13.0. The number of ether oxygens (including phenoxy) is 2. The van der Waals surface area contributed by atoms with Crippen LogP contribution in [0.4, 0.5) is 0 Å². The summed E-state index contributed by atoms with van der Waals surface area (Å²) in [7, 11) is 0. The van der Waals surface area contributed by atoms with Crippen molar-refractivity contribution in [3.8, 4) is 0 Å². The van der Waals surface area contributed by atoms with Gasteiger partial charge in [-0.05, 0) is 25.0 Å². The molecule has 0 aromatic carbocycles. The molecule has 0 saturated carbocycles. The maximum absolute atomic E-state index is 12.2. The molecule has 1 aromatic rings. The van der Waals surface area contributed by atoms with Crippen LogP contribution in [0.25, 0.3) is 0 Å². The van der Waals surface area contributed by atoms with E-state index in [1.807, 2.05) is 0 Å². The lowest BCUT2D eigenvalue weighted by Gasteiger charge is -2.07. The van der Waals surface area contributed by atoms with Crippen molar-refractivity contribution in [2.24, 2.45) is 0 Å². The summed E-state index contributed by atoms with van der Waals surface area (Å²) in [6.07, 6.45) is 19.4. The van der Waals surface area contributed by atoms with Crippen LogP contribution in [-0.4, -0.2) is 30.1 Å². The van der Waals surface area contributed by atoms with Crippen LogP contribution in [0.5, 0.6) is 0 Å². The molecule has 1 rings (SSSR count). The van der Waals surface area contributed by atoms with Crippen LogP contribution in [0.1, 0.15) is 138 Å². The number of hydrogen-bond donors (Lipinski definition) is 0. The van der Waals surface area contributed by atoms with Gasteiger partial charge in [0.15, 0.2) is 0 Å². The SMILES string of the molecule is CCCCCCCCCCCCCCOC(=O)c1cccc(C(=O)OCCCCCC)n1. The first-order chi connectivity index (χ1) is 15.7. The molecule has 0 spiro atoms. The monoisotopic (exact) mass is 447 g/mol. The van der Waals surface area contributed by atoms with Crippen molar-refractivity contribution >= 4 is 11.9 Å². The van der Waals surface area contributed by atoms with Crippen LogP contribution in [-0.2, 0) is 9.47 Å². The van der Waals surface area contributed by atoms with E-state index >= 15 is 0 Å². The normalized spacial score (nSPS) is 10.8. The van der Waals surface area contributed by atoms with E-state index in [1.165, 1.54) is 64.2 Å². The molecule has 1 aromatic heterocycles. The highest BCUT2D eigenvalue weighted by Crippen LogP contribution is 2.12. The fourth-order valence-electron chi connectivity index (χ4n) is 3.61. The Morgan fingerprint density at radius 3 is 1.34 bits per heavy atom. The van der Waals surface area contributed by atoms with Gasteiger partial charge in [0.05, 0.1) is 13.2 Å². The predicted molar refractivity (Wildman–Crippen MR) is 130 cm³/mol. The average Bonchev–Trinajstić information content (AvgIpc) is 2.81. The molecule has 1 heterocycles. The summed E-state index contributed by atoms with van der Waals surface area (Å²) in [6.45, 7) is 5.17. The highest BCUT2D eigenvalue weighted by atomic mass is 16.5. The van der Waals surface area contributed by atoms with Crippen LogP contribution < -0.4 is 0 Å².